The van der Waals surface area contributed by atoms with Crippen molar-refractivity contribution in [3.8, 4) is 12.1 Å². The number of aromatic nitrogens is 4. The molecule has 2 heterocycles. The third-order valence-electron chi connectivity index (χ3n) is 6.47. The summed E-state index contributed by atoms with van der Waals surface area (Å²) in [5.74, 6) is 0.316. The standard InChI is InChI=1S/C26H8N8/c1-29-25-26(30-2)34-24-20-12-6-3-7-13-17(12)19(11-5-4-8-14(18(11)20)22(24)33-25)23-21(13)31-15(9-27)16(10-28)32-23/h3-8,33-34H. The first kappa shape index (κ1) is 17.9. The number of fused-ring (bicyclic) bond motifs is 8. The van der Waals surface area contributed by atoms with Crippen molar-refractivity contribution in [2.75, 3.05) is 0 Å². The number of nitrogens with one attached hydrogen (secondary N) is 2. The molecule has 2 N–H and O–H groups in total. The van der Waals surface area contributed by atoms with Gasteiger partial charge in [0.2, 0.25) is 11.6 Å². The highest BCUT2D eigenvalue weighted by molar-refractivity contribution is 6.46. The molecule has 0 spiro atoms. The predicted octanol–water partition coefficient (Wildman–Crippen LogP) is 6.33. The van der Waals surface area contributed by atoms with E-state index in [1.165, 1.54) is 0 Å². The van der Waals surface area contributed by atoms with Crippen LogP contribution in [-0.2, 0) is 0 Å². The Morgan fingerprint density at radius 2 is 1.18 bits per heavy atom. The predicted molar refractivity (Wildman–Crippen MR) is 129 cm³/mol. The van der Waals surface area contributed by atoms with Gasteiger partial charge in [-0.25, -0.2) is 9.97 Å². The molecule has 0 aliphatic rings. The molecule has 152 valence electrons. The van der Waals surface area contributed by atoms with Gasteiger partial charge in [0.25, 0.3) is 0 Å². The van der Waals surface area contributed by atoms with Crippen LogP contribution in [0.2, 0.25) is 0 Å². The first-order valence-corrected chi connectivity index (χ1v) is 10.2. The van der Waals surface area contributed by atoms with Crippen LogP contribution in [0.15, 0.2) is 36.4 Å². The van der Waals surface area contributed by atoms with E-state index in [9.17, 15) is 10.5 Å². The lowest BCUT2D eigenvalue weighted by molar-refractivity contribution is 1.21. The van der Waals surface area contributed by atoms with E-state index in [-0.39, 0.29) is 23.0 Å². The summed E-state index contributed by atoms with van der Waals surface area (Å²) in [5.41, 5.74) is 2.68. The van der Waals surface area contributed by atoms with Gasteiger partial charge in [0.1, 0.15) is 12.1 Å². The summed E-state index contributed by atoms with van der Waals surface area (Å²) in [6.07, 6.45) is 0. The van der Waals surface area contributed by atoms with Gasteiger partial charge >= 0.3 is 0 Å². The maximum atomic E-state index is 9.56. The Bertz CT molecular complexity index is 2060. The van der Waals surface area contributed by atoms with E-state index in [0.717, 1.165) is 54.1 Å². The summed E-state index contributed by atoms with van der Waals surface area (Å²) < 4.78 is 0. The van der Waals surface area contributed by atoms with Crippen molar-refractivity contribution in [1.29, 1.82) is 10.5 Å². The number of rotatable bonds is 0. The number of hydrogen-bond donors (Lipinski definition) is 2. The third-order valence-corrected chi connectivity index (χ3v) is 6.47. The van der Waals surface area contributed by atoms with Gasteiger partial charge in [0, 0.05) is 32.3 Å². The molecule has 7 aromatic rings. The molecule has 0 unspecified atom stereocenters. The molecule has 0 radical (unpaired) electrons. The molecule has 7 rings (SSSR count). The minimum absolute atomic E-state index is 0.00110. The molecule has 8 heteroatoms. The fourth-order valence-electron chi connectivity index (χ4n) is 5.23. The van der Waals surface area contributed by atoms with Crippen LogP contribution in [0.5, 0.6) is 0 Å². The van der Waals surface area contributed by atoms with Gasteiger partial charge in [-0.3, -0.25) is 0 Å². The summed E-state index contributed by atoms with van der Waals surface area (Å²) >= 11 is 0. The van der Waals surface area contributed by atoms with E-state index in [4.69, 9.17) is 13.1 Å². The first-order valence-electron chi connectivity index (χ1n) is 10.2. The summed E-state index contributed by atoms with van der Waals surface area (Å²) in [7, 11) is 0. The average Bonchev–Trinajstić information content (AvgIpc) is 3.39. The highest BCUT2D eigenvalue weighted by Crippen LogP contribution is 2.49. The smallest absolute Gasteiger partial charge is 0.248 e. The normalized spacial score (nSPS) is 11.4. The molecule has 0 aliphatic heterocycles. The molecular weight excluding hydrogens is 424 g/mol. The maximum Gasteiger partial charge on any atom is 0.248 e. The maximum absolute atomic E-state index is 9.56. The monoisotopic (exact) mass is 432 g/mol. The number of aromatic amines is 2. The van der Waals surface area contributed by atoms with Gasteiger partial charge in [0.15, 0.2) is 22.4 Å². The SMILES string of the molecule is [C-]#[N+]c1[nH]c2c3cccc4c3c(c3cccc5c6nc(C#N)c(C#N)nc6c4c53)c2[nH]c1[N+]#[C-]. The zero-order chi connectivity index (χ0) is 23.1. The zero-order valence-corrected chi connectivity index (χ0v) is 17.1. The molecule has 0 atom stereocenters. The molecule has 5 aromatic carbocycles. The van der Waals surface area contributed by atoms with Crippen molar-refractivity contribution in [3.05, 3.63) is 70.6 Å². The lowest BCUT2D eigenvalue weighted by Gasteiger charge is -2.06. The lowest BCUT2D eigenvalue weighted by atomic mass is 9.96. The van der Waals surface area contributed by atoms with Crippen molar-refractivity contribution >= 4 is 76.8 Å². The minimum atomic E-state index is -0.00110. The largest absolute Gasteiger partial charge is 0.373 e. The molecule has 0 saturated heterocycles. The topological polar surface area (TPSA) is 114 Å². The number of nitriles is 2. The van der Waals surface area contributed by atoms with Crippen molar-refractivity contribution in [2.45, 2.75) is 0 Å². The second-order valence-electron chi connectivity index (χ2n) is 7.97. The van der Waals surface area contributed by atoms with Crippen LogP contribution in [0.25, 0.3) is 74.8 Å². The number of hydrogen-bond acceptors (Lipinski definition) is 4. The molecule has 2 aromatic heterocycles. The van der Waals surface area contributed by atoms with E-state index in [1.807, 2.05) is 48.5 Å². The Morgan fingerprint density at radius 1 is 0.647 bits per heavy atom. The highest BCUT2D eigenvalue weighted by atomic mass is 15.0. The van der Waals surface area contributed by atoms with E-state index in [1.54, 1.807) is 0 Å². The number of benzene rings is 3. The van der Waals surface area contributed by atoms with Gasteiger partial charge in [-0.1, -0.05) is 43.5 Å². The van der Waals surface area contributed by atoms with Crippen molar-refractivity contribution in [2.24, 2.45) is 0 Å². The number of H-pyrrole nitrogens is 2. The molecule has 0 bridgehead atoms. The number of nitrogens with zero attached hydrogens (tertiary/aromatic N) is 6. The molecule has 34 heavy (non-hydrogen) atoms. The Morgan fingerprint density at radius 3 is 1.82 bits per heavy atom. The Kier molecular flexibility index (Phi) is 3.14. The highest BCUT2D eigenvalue weighted by Gasteiger charge is 2.26. The van der Waals surface area contributed by atoms with E-state index < -0.39 is 0 Å². The fourth-order valence-corrected chi connectivity index (χ4v) is 5.23. The quantitative estimate of drug-likeness (QED) is 0.215. The van der Waals surface area contributed by atoms with Gasteiger partial charge in [0.05, 0.1) is 11.0 Å². The van der Waals surface area contributed by atoms with Gasteiger partial charge in [-0.2, -0.15) is 10.5 Å². The van der Waals surface area contributed by atoms with Crippen LogP contribution in [0, 0.1) is 35.8 Å². The van der Waals surface area contributed by atoms with Crippen LogP contribution >= 0.6 is 0 Å². The molecular formula is C26H8N8. The average molecular weight is 432 g/mol. The van der Waals surface area contributed by atoms with Gasteiger partial charge < -0.3 is 19.7 Å². The zero-order valence-electron chi connectivity index (χ0n) is 17.1. The van der Waals surface area contributed by atoms with Crippen molar-refractivity contribution < 1.29 is 0 Å². The summed E-state index contributed by atoms with van der Waals surface area (Å²) in [6, 6.07) is 15.8. The first-order chi connectivity index (χ1) is 16.7. The summed E-state index contributed by atoms with van der Waals surface area (Å²) in [5, 5.41) is 26.4. The van der Waals surface area contributed by atoms with Crippen LogP contribution in [0.4, 0.5) is 11.6 Å². The van der Waals surface area contributed by atoms with Crippen LogP contribution in [0.3, 0.4) is 0 Å². The Labute approximate surface area is 190 Å². The summed E-state index contributed by atoms with van der Waals surface area (Å²) in [6.45, 7) is 15.0. The van der Waals surface area contributed by atoms with Crippen molar-refractivity contribution in [1.82, 2.24) is 19.9 Å². The van der Waals surface area contributed by atoms with Gasteiger partial charge in [-0.15, -0.1) is 0 Å². The minimum Gasteiger partial charge on any atom is -0.373 e. The molecule has 0 aliphatic carbocycles. The van der Waals surface area contributed by atoms with E-state index >= 15 is 0 Å². The molecule has 0 fully saturated rings. The van der Waals surface area contributed by atoms with Crippen LogP contribution in [-0.4, -0.2) is 19.9 Å². The fraction of sp³-hybridized carbons (Fsp3) is 0. The van der Waals surface area contributed by atoms with Crippen LogP contribution < -0.4 is 0 Å². The Hall–Kier alpha value is -5.70. The third kappa shape index (κ3) is 1.89. The van der Waals surface area contributed by atoms with E-state index in [0.29, 0.717) is 11.0 Å². The second kappa shape index (κ2) is 5.96. The molecule has 0 saturated carbocycles. The van der Waals surface area contributed by atoms with Crippen LogP contribution in [0.1, 0.15) is 11.4 Å². The second-order valence-corrected chi connectivity index (χ2v) is 7.97. The van der Waals surface area contributed by atoms with E-state index in [2.05, 4.69) is 29.6 Å². The summed E-state index contributed by atoms with van der Waals surface area (Å²) in [4.78, 5) is 22.5. The van der Waals surface area contributed by atoms with Gasteiger partial charge in [-0.05, 0) is 16.8 Å². The molecule has 0 amide bonds. The lowest BCUT2D eigenvalue weighted by Crippen LogP contribution is -1.93. The van der Waals surface area contributed by atoms with Crippen molar-refractivity contribution in [3.63, 3.8) is 0 Å². The Balaban J connectivity index is 1.87. The molecule has 8 nitrogen and oxygen atoms in total.